The molecule has 5 rings (SSSR count). The fraction of sp³-hybridized carbons (Fsp3) is 0.200. The molecule has 4 aromatic rings. The number of amides is 3. The quantitative estimate of drug-likeness (QED) is 0.362. The van der Waals surface area contributed by atoms with Crippen molar-refractivity contribution in [1.29, 1.82) is 0 Å². The highest BCUT2D eigenvalue weighted by Gasteiger charge is 2.28. The maximum absolute atomic E-state index is 13.9. The number of carbonyl (C=O) groups excluding carboxylic acids is 2. The Bertz CT molecular complexity index is 1470. The van der Waals surface area contributed by atoms with Crippen LogP contribution in [-0.4, -0.2) is 52.5 Å². The van der Waals surface area contributed by atoms with E-state index in [-0.39, 0.29) is 17.4 Å². The summed E-state index contributed by atoms with van der Waals surface area (Å²) >= 11 is 0. The fourth-order valence-corrected chi connectivity index (χ4v) is 4.72. The van der Waals surface area contributed by atoms with Crippen LogP contribution in [0.4, 0.5) is 19.3 Å². The molecule has 194 valence electrons. The summed E-state index contributed by atoms with van der Waals surface area (Å²) in [7, 11) is 0. The van der Waals surface area contributed by atoms with E-state index in [0.717, 1.165) is 28.2 Å². The van der Waals surface area contributed by atoms with Crippen LogP contribution in [0.5, 0.6) is 0 Å². The lowest BCUT2D eigenvalue weighted by molar-refractivity contribution is 0.0671. The molecule has 0 saturated carbocycles. The number of rotatable bonds is 4. The van der Waals surface area contributed by atoms with Crippen molar-refractivity contribution in [2.45, 2.75) is 13.8 Å². The van der Waals surface area contributed by atoms with Gasteiger partial charge in [0.05, 0.1) is 16.9 Å². The summed E-state index contributed by atoms with van der Waals surface area (Å²) in [5, 5.41) is 2.60. The zero-order valence-electron chi connectivity index (χ0n) is 21.2. The minimum atomic E-state index is -0.500. The Morgan fingerprint density at radius 2 is 1.42 bits per heavy atom. The zero-order chi connectivity index (χ0) is 26.8. The molecular weight excluding hydrogens is 486 g/mol. The summed E-state index contributed by atoms with van der Waals surface area (Å²) in [6.07, 6.45) is 0. The number of aromatic nitrogens is 1. The van der Waals surface area contributed by atoms with E-state index in [1.54, 1.807) is 34.1 Å². The van der Waals surface area contributed by atoms with Gasteiger partial charge in [-0.2, -0.15) is 0 Å². The minimum absolute atomic E-state index is 0.123. The van der Waals surface area contributed by atoms with Crippen LogP contribution in [0, 0.1) is 25.5 Å². The molecule has 0 unspecified atom stereocenters. The number of carbonyl (C=O) groups is 2. The lowest BCUT2D eigenvalue weighted by atomic mass is 10.1. The molecule has 6 nitrogen and oxygen atoms in total. The van der Waals surface area contributed by atoms with E-state index in [1.165, 1.54) is 24.3 Å². The summed E-state index contributed by atoms with van der Waals surface area (Å²) in [5.41, 5.74) is 5.06. The highest BCUT2D eigenvalue weighted by atomic mass is 19.1. The number of nitrogens with one attached hydrogen (secondary N) is 1. The monoisotopic (exact) mass is 514 g/mol. The molecule has 1 N–H and O–H groups in total. The van der Waals surface area contributed by atoms with Gasteiger partial charge < -0.3 is 19.7 Å². The van der Waals surface area contributed by atoms with Gasteiger partial charge in [0.15, 0.2) is 0 Å². The molecule has 0 atom stereocenters. The van der Waals surface area contributed by atoms with Crippen LogP contribution >= 0.6 is 0 Å². The molecule has 1 aliphatic heterocycles. The first kappa shape index (κ1) is 25.2. The first-order valence-electron chi connectivity index (χ1n) is 12.5. The summed E-state index contributed by atoms with van der Waals surface area (Å²) in [6, 6.07) is 21.7. The van der Waals surface area contributed by atoms with Crippen LogP contribution in [0.1, 0.15) is 21.6 Å². The van der Waals surface area contributed by atoms with Crippen molar-refractivity contribution >= 4 is 17.6 Å². The fourth-order valence-electron chi connectivity index (χ4n) is 4.72. The number of hydrogen-bond acceptors (Lipinski definition) is 2. The van der Waals surface area contributed by atoms with Crippen molar-refractivity contribution in [3.8, 4) is 16.9 Å². The smallest absolute Gasteiger partial charge is 0.322 e. The van der Waals surface area contributed by atoms with Crippen LogP contribution in [0.2, 0.25) is 0 Å². The minimum Gasteiger partial charge on any atom is -0.335 e. The van der Waals surface area contributed by atoms with Gasteiger partial charge in [0.25, 0.3) is 5.91 Å². The standard InChI is InChI=1S/C30H28F2N4O2/c1-20-7-13-24(14-8-20)36-21(2)25(19-28(36)22-9-11-23(31)12-10-22)29(37)34-15-17-35(18-16-34)30(38)33-27-6-4-3-5-26(27)32/h3-14,19H,15-18H2,1-2H3,(H,33,38). The van der Waals surface area contributed by atoms with Crippen molar-refractivity contribution < 1.29 is 18.4 Å². The largest absolute Gasteiger partial charge is 0.335 e. The Hall–Kier alpha value is -4.46. The van der Waals surface area contributed by atoms with E-state index in [1.807, 2.05) is 48.7 Å². The van der Waals surface area contributed by atoms with Gasteiger partial charge in [-0.3, -0.25) is 4.79 Å². The predicted octanol–water partition coefficient (Wildman–Crippen LogP) is 6.03. The average molecular weight is 515 g/mol. The van der Waals surface area contributed by atoms with Gasteiger partial charge in [0.1, 0.15) is 11.6 Å². The molecule has 1 aromatic heterocycles. The van der Waals surface area contributed by atoms with Gasteiger partial charge in [-0.15, -0.1) is 0 Å². The van der Waals surface area contributed by atoms with E-state index in [4.69, 9.17) is 0 Å². The third kappa shape index (κ3) is 5.02. The van der Waals surface area contributed by atoms with Crippen LogP contribution in [0.25, 0.3) is 16.9 Å². The van der Waals surface area contributed by atoms with E-state index in [9.17, 15) is 18.4 Å². The summed E-state index contributed by atoms with van der Waals surface area (Å²) in [4.78, 5) is 29.6. The molecule has 1 saturated heterocycles. The summed E-state index contributed by atoms with van der Waals surface area (Å²) < 4.78 is 29.6. The molecule has 0 aliphatic carbocycles. The van der Waals surface area contributed by atoms with Crippen LogP contribution in [0.15, 0.2) is 78.9 Å². The van der Waals surface area contributed by atoms with Crippen molar-refractivity contribution in [3.63, 3.8) is 0 Å². The van der Waals surface area contributed by atoms with Crippen LogP contribution in [0.3, 0.4) is 0 Å². The average Bonchev–Trinajstić information content (AvgIpc) is 3.27. The maximum atomic E-state index is 13.9. The molecule has 0 radical (unpaired) electrons. The highest BCUT2D eigenvalue weighted by molar-refractivity contribution is 5.97. The molecule has 8 heteroatoms. The Morgan fingerprint density at radius 3 is 2.08 bits per heavy atom. The second-order valence-corrected chi connectivity index (χ2v) is 9.40. The molecule has 0 spiro atoms. The normalized spacial score (nSPS) is 13.5. The van der Waals surface area contributed by atoms with E-state index >= 15 is 0 Å². The third-order valence-electron chi connectivity index (χ3n) is 6.88. The number of para-hydroxylation sites is 1. The highest BCUT2D eigenvalue weighted by Crippen LogP contribution is 2.31. The molecule has 38 heavy (non-hydrogen) atoms. The first-order chi connectivity index (χ1) is 18.3. The second kappa shape index (κ2) is 10.5. The van der Waals surface area contributed by atoms with Gasteiger partial charge in [0, 0.05) is 37.6 Å². The molecule has 1 fully saturated rings. The Morgan fingerprint density at radius 1 is 0.789 bits per heavy atom. The second-order valence-electron chi connectivity index (χ2n) is 9.40. The Balaban J connectivity index is 1.37. The number of benzene rings is 3. The van der Waals surface area contributed by atoms with Crippen molar-refractivity contribution in [1.82, 2.24) is 14.4 Å². The summed E-state index contributed by atoms with van der Waals surface area (Å²) in [5.74, 6) is -0.960. The van der Waals surface area contributed by atoms with Gasteiger partial charge >= 0.3 is 6.03 Å². The SMILES string of the molecule is Cc1ccc(-n2c(-c3ccc(F)cc3)cc(C(=O)N3CCN(C(=O)Nc4ccccc4F)CC3)c2C)cc1. The van der Waals surface area contributed by atoms with Gasteiger partial charge in [-0.25, -0.2) is 13.6 Å². The number of hydrogen-bond donors (Lipinski definition) is 1. The number of halogens is 2. The Labute approximate surface area is 220 Å². The van der Waals surface area contributed by atoms with E-state index in [0.29, 0.717) is 31.7 Å². The van der Waals surface area contributed by atoms with Crippen molar-refractivity contribution in [3.05, 3.63) is 107 Å². The van der Waals surface area contributed by atoms with Crippen LogP contribution < -0.4 is 5.32 Å². The van der Waals surface area contributed by atoms with Gasteiger partial charge in [-0.1, -0.05) is 29.8 Å². The van der Waals surface area contributed by atoms with Crippen molar-refractivity contribution in [2.24, 2.45) is 0 Å². The van der Waals surface area contributed by atoms with E-state index < -0.39 is 11.8 Å². The molecule has 1 aliphatic rings. The first-order valence-corrected chi connectivity index (χ1v) is 12.5. The van der Waals surface area contributed by atoms with Crippen LogP contribution in [-0.2, 0) is 0 Å². The number of piperazine rings is 1. The zero-order valence-corrected chi connectivity index (χ0v) is 21.2. The number of urea groups is 1. The van der Waals surface area contributed by atoms with Gasteiger partial charge in [0.2, 0.25) is 0 Å². The topological polar surface area (TPSA) is 57.6 Å². The Kier molecular flexibility index (Phi) is 6.96. The lowest BCUT2D eigenvalue weighted by Crippen LogP contribution is -2.51. The number of nitrogens with zero attached hydrogens (tertiary/aromatic N) is 3. The molecule has 3 amide bonds. The number of aryl methyl sites for hydroxylation is 1. The molecule has 0 bridgehead atoms. The van der Waals surface area contributed by atoms with Crippen molar-refractivity contribution in [2.75, 3.05) is 31.5 Å². The molecular formula is C30H28F2N4O2. The maximum Gasteiger partial charge on any atom is 0.322 e. The van der Waals surface area contributed by atoms with Gasteiger partial charge in [-0.05, 0) is 74.0 Å². The van der Waals surface area contributed by atoms with E-state index in [2.05, 4.69) is 5.32 Å². The lowest BCUT2D eigenvalue weighted by Gasteiger charge is -2.34. The predicted molar refractivity (Wildman–Crippen MR) is 144 cm³/mol. The molecule has 2 heterocycles. The number of anilines is 1. The third-order valence-corrected chi connectivity index (χ3v) is 6.88. The molecule has 3 aromatic carbocycles. The summed E-state index contributed by atoms with van der Waals surface area (Å²) in [6.45, 7) is 5.27.